The zero-order valence-electron chi connectivity index (χ0n) is 7.78. The fourth-order valence-electron chi connectivity index (χ4n) is 1.02. The van der Waals surface area contributed by atoms with Crippen LogP contribution in [0.5, 0.6) is 5.75 Å². The Labute approximate surface area is 77.8 Å². The lowest BCUT2D eigenvalue weighted by molar-refractivity contribution is 0.104. The van der Waals surface area contributed by atoms with Gasteiger partial charge in [0.25, 0.3) is 0 Å². The van der Waals surface area contributed by atoms with Crippen LogP contribution in [0, 0.1) is 0 Å². The maximum atomic E-state index is 11.4. The van der Waals surface area contributed by atoms with Crippen LogP contribution in [0.25, 0.3) is 0 Å². The lowest BCUT2D eigenvalue weighted by Crippen LogP contribution is -1.94. The SMILES string of the molecule is C/C=C\C(=O)c1cccc(OC)c1. The van der Waals surface area contributed by atoms with Crippen molar-refractivity contribution in [2.45, 2.75) is 6.92 Å². The third kappa shape index (κ3) is 2.44. The molecule has 0 aliphatic rings. The Hall–Kier alpha value is -1.57. The minimum absolute atomic E-state index is 0.00130. The Morgan fingerprint density at radius 1 is 1.46 bits per heavy atom. The number of hydrogen-bond donors (Lipinski definition) is 0. The number of rotatable bonds is 3. The van der Waals surface area contributed by atoms with Crippen molar-refractivity contribution in [2.24, 2.45) is 0 Å². The molecule has 0 N–H and O–H groups in total. The third-order valence-corrected chi connectivity index (χ3v) is 1.67. The molecule has 0 aromatic heterocycles. The topological polar surface area (TPSA) is 26.3 Å². The minimum atomic E-state index is 0.00130. The predicted molar refractivity (Wildman–Crippen MR) is 52.1 cm³/mol. The zero-order chi connectivity index (χ0) is 9.68. The molecule has 0 aliphatic carbocycles. The van der Waals surface area contributed by atoms with E-state index in [9.17, 15) is 4.79 Å². The molecule has 0 saturated heterocycles. The van der Waals surface area contributed by atoms with Crippen LogP contribution in [0.3, 0.4) is 0 Å². The first-order valence-electron chi connectivity index (χ1n) is 4.09. The molecule has 0 heterocycles. The van der Waals surface area contributed by atoms with Crippen molar-refractivity contribution in [3.63, 3.8) is 0 Å². The van der Waals surface area contributed by atoms with Crippen LogP contribution in [0.2, 0.25) is 0 Å². The van der Waals surface area contributed by atoms with Crippen LogP contribution in [0.1, 0.15) is 17.3 Å². The van der Waals surface area contributed by atoms with Crippen molar-refractivity contribution < 1.29 is 9.53 Å². The summed E-state index contributed by atoms with van der Waals surface area (Å²) < 4.78 is 5.01. The number of allylic oxidation sites excluding steroid dienone is 2. The number of methoxy groups -OCH3 is 1. The van der Waals surface area contributed by atoms with Gasteiger partial charge in [-0.15, -0.1) is 0 Å². The molecule has 0 spiro atoms. The summed E-state index contributed by atoms with van der Waals surface area (Å²) in [6.45, 7) is 1.82. The van der Waals surface area contributed by atoms with E-state index in [1.54, 1.807) is 31.4 Å². The Kier molecular flexibility index (Phi) is 3.26. The first-order valence-corrected chi connectivity index (χ1v) is 4.09. The van der Waals surface area contributed by atoms with Crippen molar-refractivity contribution in [3.05, 3.63) is 42.0 Å². The maximum absolute atomic E-state index is 11.4. The molecule has 68 valence electrons. The van der Waals surface area contributed by atoms with Crippen LogP contribution in [0.4, 0.5) is 0 Å². The Bertz CT molecular complexity index is 327. The van der Waals surface area contributed by atoms with E-state index in [0.29, 0.717) is 11.3 Å². The molecule has 0 atom stereocenters. The average molecular weight is 176 g/mol. The Balaban J connectivity index is 2.94. The first-order chi connectivity index (χ1) is 6.27. The van der Waals surface area contributed by atoms with Crippen molar-refractivity contribution in [3.8, 4) is 5.75 Å². The molecule has 0 unspecified atom stereocenters. The predicted octanol–water partition coefficient (Wildman–Crippen LogP) is 2.45. The molecular weight excluding hydrogens is 164 g/mol. The zero-order valence-corrected chi connectivity index (χ0v) is 7.78. The van der Waals surface area contributed by atoms with E-state index in [4.69, 9.17) is 4.74 Å². The number of ketones is 1. The van der Waals surface area contributed by atoms with Gasteiger partial charge < -0.3 is 4.74 Å². The summed E-state index contributed by atoms with van der Waals surface area (Å²) in [5.41, 5.74) is 0.650. The van der Waals surface area contributed by atoms with E-state index in [2.05, 4.69) is 0 Å². The van der Waals surface area contributed by atoms with Gasteiger partial charge in [0.15, 0.2) is 5.78 Å². The summed E-state index contributed by atoms with van der Waals surface area (Å²) in [6.07, 6.45) is 3.26. The van der Waals surface area contributed by atoms with Crippen LogP contribution in [-0.4, -0.2) is 12.9 Å². The molecule has 1 aromatic carbocycles. The summed E-state index contributed by atoms with van der Waals surface area (Å²) in [6, 6.07) is 7.11. The summed E-state index contributed by atoms with van der Waals surface area (Å²) in [5.74, 6) is 0.705. The van der Waals surface area contributed by atoms with Gasteiger partial charge in [-0.05, 0) is 25.1 Å². The normalized spacial score (nSPS) is 10.3. The second kappa shape index (κ2) is 4.45. The monoisotopic (exact) mass is 176 g/mol. The highest BCUT2D eigenvalue weighted by Crippen LogP contribution is 2.13. The first kappa shape index (κ1) is 9.52. The molecule has 0 bridgehead atoms. The molecule has 0 saturated carbocycles. The number of carbonyl (C=O) groups excluding carboxylic acids is 1. The van der Waals surface area contributed by atoms with Crippen molar-refractivity contribution in [1.82, 2.24) is 0 Å². The van der Waals surface area contributed by atoms with Crippen LogP contribution in [0.15, 0.2) is 36.4 Å². The second-order valence-electron chi connectivity index (χ2n) is 2.60. The molecule has 2 nitrogen and oxygen atoms in total. The fraction of sp³-hybridized carbons (Fsp3) is 0.182. The quantitative estimate of drug-likeness (QED) is 0.522. The van der Waals surface area contributed by atoms with Crippen molar-refractivity contribution in [1.29, 1.82) is 0 Å². The lowest BCUT2D eigenvalue weighted by Gasteiger charge is -2.00. The lowest BCUT2D eigenvalue weighted by atomic mass is 10.1. The van der Waals surface area contributed by atoms with Gasteiger partial charge in [0.2, 0.25) is 0 Å². The highest BCUT2D eigenvalue weighted by Gasteiger charge is 2.01. The van der Waals surface area contributed by atoms with Gasteiger partial charge in [-0.2, -0.15) is 0 Å². The van der Waals surface area contributed by atoms with Crippen LogP contribution in [-0.2, 0) is 0 Å². The minimum Gasteiger partial charge on any atom is -0.497 e. The molecule has 2 heteroatoms. The fourth-order valence-corrected chi connectivity index (χ4v) is 1.02. The van der Waals surface area contributed by atoms with E-state index in [-0.39, 0.29) is 5.78 Å². The average Bonchev–Trinajstić information content (AvgIpc) is 2.18. The van der Waals surface area contributed by atoms with Gasteiger partial charge in [0.1, 0.15) is 5.75 Å². The molecule has 0 radical (unpaired) electrons. The Morgan fingerprint density at radius 2 is 2.23 bits per heavy atom. The molecule has 1 aromatic rings. The highest BCUT2D eigenvalue weighted by molar-refractivity contribution is 6.04. The number of benzene rings is 1. The van der Waals surface area contributed by atoms with Gasteiger partial charge in [0, 0.05) is 5.56 Å². The third-order valence-electron chi connectivity index (χ3n) is 1.67. The smallest absolute Gasteiger partial charge is 0.185 e. The molecule has 0 amide bonds. The summed E-state index contributed by atoms with van der Waals surface area (Å²) >= 11 is 0. The highest BCUT2D eigenvalue weighted by atomic mass is 16.5. The van der Waals surface area contributed by atoms with Crippen molar-refractivity contribution >= 4 is 5.78 Å². The van der Waals surface area contributed by atoms with Gasteiger partial charge >= 0.3 is 0 Å². The van der Waals surface area contributed by atoms with E-state index in [0.717, 1.165) is 0 Å². The van der Waals surface area contributed by atoms with E-state index in [1.165, 1.54) is 6.08 Å². The summed E-state index contributed by atoms with van der Waals surface area (Å²) in [4.78, 5) is 11.4. The summed E-state index contributed by atoms with van der Waals surface area (Å²) in [7, 11) is 1.58. The number of hydrogen-bond acceptors (Lipinski definition) is 2. The summed E-state index contributed by atoms with van der Waals surface area (Å²) in [5, 5.41) is 0. The van der Waals surface area contributed by atoms with Crippen molar-refractivity contribution in [2.75, 3.05) is 7.11 Å². The molecule has 0 fully saturated rings. The van der Waals surface area contributed by atoms with Crippen LogP contribution >= 0.6 is 0 Å². The van der Waals surface area contributed by atoms with E-state index < -0.39 is 0 Å². The standard InChI is InChI=1S/C11H12O2/c1-3-5-11(12)9-6-4-7-10(8-9)13-2/h3-8H,1-2H3/b5-3-. The van der Waals surface area contributed by atoms with Gasteiger partial charge in [-0.3, -0.25) is 4.79 Å². The van der Waals surface area contributed by atoms with Gasteiger partial charge in [-0.25, -0.2) is 0 Å². The largest absolute Gasteiger partial charge is 0.497 e. The van der Waals surface area contributed by atoms with E-state index >= 15 is 0 Å². The van der Waals surface area contributed by atoms with Gasteiger partial charge in [0.05, 0.1) is 7.11 Å². The maximum Gasteiger partial charge on any atom is 0.185 e. The number of carbonyl (C=O) groups is 1. The molecule has 1 rings (SSSR count). The molecule has 0 aliphatic heterocycles. The molecular formula is C11H12O2. The second-order valence-corrected chi connectivity index (χ2v) is 2.60. The Morgan fingerprint density at radius 3 is 2.85 bits per heavy atom. The number of ether oxygens (including phenoxy) is 1. The van der Waals surface area contributed by atoms with Gasteiger partial charge in [-0.1, -0.05) is 18.2 Å². The van der Waals surface area contributed by atoms with E-state index in [1.807, 2.05) is 13.0 Å². The van der Waals surface area contributed by atoms with Crippen LogP contribution < -0.4 is 4.74 Å². The molecule has 13 heavy (non-hydrogen) atoms.